The maximum absolute atomic E-state index is 8.63. The molecule has 0 unspecified atom stereocenters. The van der Waals surface area contributed by atoms with E-state index in [4.69, 9.17) is 36.7 Å². The van der Waals surface area contributed by atoms with Crippen molar-refractivity contribution in [2.75, 3.05) is 0 Å². The third kappa shape index (κ3) is 961. The van der Waals surface area contributed by atoms with Gasteiger partial charge < -0.3 is 32.8 Å². The molecule has 0 aliphatic heterocycles. The van der Waals surface area contributed by atoms with Crippen LogP contribution in [0.2, 0.25) is 0 Å². The van der Waals surface area contributed by atoms with Crippen molar-refractivity contribution in [1.82, 2.24) is 0 Å². The van der Waals surface area contributed by atoms with Crippen molar-refractivity contribution in [3.8, 4) is 0 Å². The largest absolute Gasteiger partial charge is 3.00 e. The van der Waals surface area contributed by atoms with E-state index in [2.05, 4.69) is 0 Å². The molecule has 0 heterocycles. The van der Waals surface area contributed by atoms with Crippen LogP contribution < -0.4 is 19.2 Å². The third-order valence-corrected chi connectivity index (χ3v) is 0. The van der Waals surface area contributed by atoms with E-state index in [0.717, 1.165) is 0 Å². The van der Waals surface area contributed by atoms with Gasteiger partial charge in [-0.05, 0) is 0 Å². The van der Waals surface area contributed by atoms with E-state index in [1.807, 2.05) is 0 Å². The Balaban J connectivity index is -0.0000000457. The van der Waals surface area contributed by atoms with Gasteiger partial charge in [0.25, 0.3) is 0 Å². The SMILES string of the molecule is O=S(=O)([O-])O.[Al+3].[O-][Si]([O-])([O-])[O-].[Zn+2]. The minimum atomic E-state index is -5.61. The first-order chi connectivity index (χ1) is 4.00. The Labute approximate surface area is 92.8 Å². The zero-order chi connectivity index (χ0) is 9.00. The smallest absolute Gasteiger partial charge is 0.894 e. The van der Waals surface area contributed by atoms with Crippen LogP contribution in [0.15, 0.2) is 0 Å². The average Bonchev–Trinajstić information content (AvgIpc) is 1.12. The van der Waals surface area contributed by atoms with Crippen LogP contribution in [0.25, 0.3) is 0 Å². The molecule has 0 radical (unpaired) electrons. The van der Waals surface area contributed by atoms with Gasteiger partial charge in [-0.25, -0.2) is 8.42 Å². The minimum Gasteiger partial charge on any atom is -0.894 e. The van der Waals surface area contributed by atoms with E-state index in [1.54, 1.807) is 0 Å². The summed E-state index contributed by atoms with van der Waals surface area (Å²) in [5.41, 5.74) is 0. The van der Waals surface area contributed by atoms with E-state index in [0.29, 0.717) is 0 Å². The molecule has 8 nitrogen and oxygen atoms in total. The third-order valence-electron chi connectivity index (χ3n) is 0. The summed E-state index contributed by atoms with van der Waals surface area (Å²) in [6.45, 7) is 0. The first-order valence-corrected chi connectivity index (χ1v) is 4.50. The Hall–Kier alpha value is 1.08. The molecule has 0 saturated carbocycles. The van der Waals surface area contributed by atoms with Crippen LogP contribution in [0.5, 0.6) is 0 Å². The van der Waals surface area contributed by atoms with E-state index >= 15 is 0 Å². The normalized spacial score (nSPS) is 9.83. The number of hydrogen-bond acceptors (Lipinski definition) is 7. The Morgan fingerprint density at radius 2 is 1.08 bits per heavy atom. The van der Waals surface area contributed by atoms with E-state index < -0.39 is 19.4 Å². The van der Waals surface area contributed by atoms with Crippen molar-refractivity contribution >= 4 is 36.8 Å². The fraction of sp³-hybridized carbons (Fsp3) is 0. The monoisotopic (exact) mass is 280 g/mol. The molecule has 0 spiro atoms. The summed E-state index contributed by atoms with van der Waals surface area (Å²) >= 11 is 0. The average molecular weight is 282 g/mol. The van der Waals surface area contributed by atoms with Crippen LogP contribution in [0.1, 0.15) is 0 Å². The molecule has 0 amide bonds. The summed E-state index contributed by atoms with van der Waals surface area (Å²) in [4.78, 5) is 34.3. The van der Waals surface area contributed by atoms with Crippen molar-refractivity contribution in [2.45, 2.75) is 0 Å². The van der Waals surface area contributed by atoms with Gasteiger partial charge in [0.2, 0.25) is 10.4 Å². The van der Waals surface area contributed by atoms with Crippen molar-refractivity contribution in [3.63, 3.8) is 0 Å². The second-order valence-electron chi connectivity index (χ2n) is 0.928. The van der Waals surface area contributed by atoms with Gasteiger partial charge in [0.05, 0.1) is 0 Å². The first kappa shape index (κ1) is 23.2. The summed E-state index contributed by atoms with van der Waals surface area (Å²) in [7, 11) is -10.5. The Kier molecular flexibility index (Phi) is 16.7. The molecule has 0 rings (SSSR count). The van der Waals surface area contributed by atoms with Gasteiger partial charge in [-0.1, -0.05) is 0 Å². The predicted molar refractivity (Wildman–Crippen MR) is 23.8 cm³/mol. The molecule has 64 valence electrons. The second-order valence-corrected chi connectivity index (χ2v) is 2.78. The van der Waals surface area contributed by atoms with Gasteiger partial charge in [-0.3, -0.25) is 4.55 Å². The number of rotatable bonds is 0. The molecular weight excluding hydrogens is 281 g/mol. The maximum atomic E-state index is 8.63. The molecule has 0 fully saturated rings. The minimum absolute atomic E-state index is 0. The molecule has 12 heavy (non-hydrogen) atoms. The van der Waals surface area contributed by atoms with Crippen LogP contribution in [0.4, 0.5) is 0 Å². The summed E-state index contributed by atoms with van der Waals surface area (Å²) in [6, 6.07) is 0. The van der Waals surface area contributed by atoms with Crippen molar-refractivity contribution in [3.05, 3.63) is 0 Å². The van der Waals surface area contributed by atoms with Crippen LogP contribution in [0, 0.1) is 0 Å². The zero-order valence-electron chi connectivity index (χ0n) is 5.50. The van der Waals surface area contributed by atoms with Gasteiger partial charge >= 0.3 is 36.8 Å². The molecule has 0 atom stereocenters. The van der Waals surface area contributed by atoms with Crippen LogP contribution in [0.3, 0.4) is 0 Å². The van der Waals surface area contributed by atoms with Crippen molar-refractivity contribution in [2.24, 2.45) is 0 Å². The zero-order valence-corrected chi connectivity index (χ0v) is 11.4. The molecule has 12 heteroatoms. The maximum Gasteiger partial charge on any atom is 3.00 e. The molecule has 0 aliphatic carbocycles. The van der Waals surface area contributed by atoms with Gasteiger partial charge in [0.15, 0.2) is 0 Å². The van der Waals surface area contributed by atoms with E-state index in [9.17, 15) is 0 Å². The van der Waals surface area contributed by atoms with Crippen molar-refractivity contribution < 1.29 is 56.2 Å². The molecule has 0 aromatic heterocycles. The summed E-state index contributed by atoms with van der Waals surface area (Å²) in [5, 5.41) is 0. The summed E-state index contributed by atoms with van der Waals surface area (Å²) in [5.74, 6) is 0. The van der Waals surface area contributed by atoms with Crippen molar-refractivity contribution in [1.29, 1.82) is 0 Å². The van der Waals surface area contributed by atoms with Gasteiger partial charge in [-0.2, -0.15) is 0 Å². The van der Waals surface area contributed by atoms with E-state index in [1.165, 1.54) is 0 Å². The predicted octanol–water partition coefficient (Wildman–Crippen LogP) is -6.52. The van der Waals surface area contributed by atoms with Gasteiger partial charge in [0, 0.05) is 0 Å². The fourth-order valence-electron chi connectivity index (χ4n) is 0. The quantitative estimate of drug-likeness (QED) is 0.259. The molecular formula is HAlO8SSiZn. The molecule has 0 bridgehead atoms. The molecule has 0 aliphatic rings. The number of hydrogen-bond donors (Lipinski definition) is 1. The summed E-state index contributed by atoms with van der Waals surface area (Å²) in [6.07, 6.45) is 0. The van der Waals surface area contributed by atoms with Gasteiger partial charge in [0.1, 0.15) is 0 Å². The Bertz CT molecular complexity index is 154. The summed E-state index contributed by atoms with van der Waals surface area (Å²) < 4.78 is 32.8. The molecule has 0 aromatic rings. The second kappa shape index (κ2) is 8.67. The van der Waals surface area contributed by atoms with Crippen LogP contribution in [-0.2, 0) is 29.9 Å². The molecule has 0 aromatic carbocycles. The Morgan fingerprint density at radius 1 is 1.08 bits per heavy atom. The first-order valence-electron chi connectivity index (χ1n) is 1.50. The molecule has 1 N–H and O–H groups in total. The fourth-order valence-corrected chi connectivity index (χ4v) is 0. The Morgan fingerprint density at radius 3 is 1.08 bits per heavy atom. The standard InChI is InChI=1S/Al.H2O4S.O4Si.Zn/c;2*1-5(2,3)4;/h;(H2,1,2,3,4);;/q+3;;-4;+2/p-1. The topological polar surface area (TPSA) is 170 Å². The molecule has 0 saturated heterocycles. The van der Waals surface area contributed by atoms with Gasteiger partial charge in [-0.15, -0.1) is 0 Å². The van der Waals surface area contributed by atoms with Crippen LogP contribution >= 0.6 is 0 Å². The van der Waals surface area contributed by atoms with E-state index in [-0.39, 0.29) is 36.8 Å². The van der Waals surface area contributed by atoms with Crippen LogP contribution in [-0.4, -0.2) is 43.9 Å².